The van der Waals surface area contributed by atoms with Crippen molar-refractivity contribution in [3.8, 4) is 11.4 Å². The van der Waals surface area contributed by atoms with Crippen molar-refractivity contribution in [2.75, 3.05) is 6.26 Å². The first-order chi connectivity index (χ1) is 8.95. The number of benzene rings is 1. The van der Waals surface area contributed by atoms with Gasteiger partial charge in [0.15, 0.2) is 9.84 Å². The van der Waals surface area contributed by atoms with Gasteiger partial charge in [-0.3, -0.25) is 0 Å². The van der Waals surface area contributed by atoms with Gasteiger partial charge in [-0.25, -0.2) is 13.4 Å². The Labute approximate surface area is 110 Å². The fourth-order valence-corrected chi connectivity index (χ4v) is 2.84. The number of sulfone groups is 1. The number of para-hydroxylation sites is 1. The third kappa shape index (κ3) is 2.04. The zero-order chi connectivity index (χ0) is 13.6. The van der Waals surface area contributed by atoms with Gasteiger partial charge in [-0.2, -0.15) is 0 Å². The van der Waals surface area contributed by atoms with Gasteiger partial charge >= 0.3 is 0 Å². The molecule has 3 rings (SSSR count). The number of aromatic nitrogens is 2. The minimum Gasteiger partial charge on any atom is -0.469 e. The summed E-state index contributed by atoms with van der Waals surface area (Å²) in [4.78, 5) is 7.70. The van der Waals surface area contributed by atoms with Crippen molar-refractivity contribution in [2.24, 2.45) is 0 Å². The van der Waals surface area contributed by atoms with Crippen LogP contribution in [0.1, 0.15) is 5.76 Å². The van der Waals surface area contributed by atoms with Gasteiger partial charge in [0.2, 0.25) is 0 Å². The highest BCUT2D eigenvalue weighted by atomic mass is 32.2. The number of hydrogen-bond donors (Lipinski definition) is 1. The molecule has 2 aromatic heterocycles. The molecule has 5 nitrogen and oxygen atoms in total. The zero-order valence-electron chi connectivity index (χ0n) is 10.5. The maximum atomic E-state index is 11.7. The van der Waals surface area contributed by atoms with E-state index in [1.54, 1.807) is 24.5 Å². The molecule has 0 unspecified atom stereocenters. The van der Waals surface area contributed by atoms with Crippen LogP contribution in [0.4, 0.5) is 0 Å². The van der Waals surface area contributed by atoms with Crippen LogP contribution in [-0.4, -0.2) is 24.6 Å². The number of aryl methyl sites for hydroxylation is 1. The summed E-state index contributed by atoms with van der Waals surface area (Å²) in [6.45, 7) is 1.84. The molecule has 3 aromatic rings. The van der Waals surface area contributed by atoms with Crippen LogP contribution in [0.3, 0.4) is 0 Å². The van der Waals surface area contributed by atoms with Crippen LogP contribution >= 0.6 is 0 Å². The van der Waals surface area contributed by atoms with Gasteiger partial charge < -0.3 is 9.40 Å². The van der Waals surface area contributed by atoms with Gasteiger partial charge in [0.1, 0.15) is 23.4 Å². The molecule has 0 saturated carbocycles. The molecule has 0 spiro atoms. The molecular weight excluding hydrogens is 264 g/mol. The number of nitrogens with one attached hydrogen (secondary N) is 1. The molecule has 98 valence electrons. The standard InChI is InChI=1S/C13H12N2O3S/c1-8-6-9(7-18-8)13-14-10-4-3-5-11(12(10)15-13)19(2,16)17/h3-7H,1-2H3,(H,14,15). The number of aromatic amines is 1. The molecule has 1 aromatic carbocycles. The molecule has 1 N–H and O–H groups in total. The third-order valence-corrected chi connectivity index (χ3v) is 4.01. The molecule has 0 aliphatic rings. The van der Waals surface area contributed by atoms with Gasteiger partial charge in [-0.15, -0.1) is 0 Å². The summed E-state index contributed by atoms with van der Waals surface area (Å²) in [6.07, 6.45) is 2.77. The first-order valence-corrected chi connectivity index (χ1v) is 7.58. The lowest BCUT2D eigenvalue weighted by molar-refractivity contribution is 0.534. The molecule has 0 saturated heterocycles. The number of fused-ring (bicyclic) bond motifs is 1. The van der Waals surface area contributed by atoms with Crippen molar-refractivity contribution in [3.05, 3.63) is 36.3 Å². The van der Waals surface area contributed by atoms with Crippen molar-refractivity contribution in [3.63, 3.8) is 0 Å². The van der Waals surface area contributed by atoms with Crippen molar-refractivity contribution >= 4 is 20.9 Å². The molecule has 0 bridgehead atoms. The SMILES string of the molecule is Cc1cc(-c2nc3c(S(C)(=O)=O)cccc3[nH]2)co1. The van der Waals surface area contributed by atoms with Gasteiger partial charge in [0, 0.05) is 6.26 Å². The van der Waals surface area contributed by atoms with Crippen LogP contribution in [0, 0.1) is 6.92 Å². The van der Waals surface area contributed by atoms with E-state index < -0.39 is 9.84 Å². The molecule has 0 aliphatic carbocycles. The Morgan fingerprint density at radius 3 is 2.74 bits per heavy atom. The summed E-state index contributed by atoms with van der Waals surface area (Å²) in [5.41, 5.74) is 1.95. The highest BCUT2D eigenvalue weighted by Crippen LogP contribution is 2.26. The Morgan fingerprint density at radius 1 is 1.32 bits per heavy atom. The van der Waals surface area contributed by atoms with E-state index in [4.69, 9.17) is 4.42 Å². The second-order valence-electron chi connectivity index (χ2n) is 4.46. The molecular formula is C13H12N2O3S. The lowest BCUT2D eigenvalue weighted by Crippen LogP contribution is -1.97. The van der Waals surface area contributed by atoms with E-state index >= 15 is 0 Å². The fourth-order valence-electron chi connectivity index (χ4n) is 2.01. The van der Waals surface area contributed by atoms with Crippen LogP contribution < -0.4 is 0 Å². The van der Waals surface area contributed by atoms with Gasteiger partial charge in [-0.05, 0) is 25.1 Å². The second kappa shape index (κ2) is 3.96. The lowest BCUT2D eigenvalue weighted by atomic mass is 10.3. The highest BCUT2D eigenvalue weighted by molar-refractivity contribution is 7.91. The van der Waals surface area contributed by atoms with Crippen molar-refractivity contribution in [1.82, 2.24) is 9.97 Å². The van der Waals surface area contributed by atoms with Crippen molar-refractivity contribution in [2.45, 2.75) is 11.8 Å². The molecule has 2 heterocycles. The molecule has 0 aliphatic heterocycles. The van der Waals surface area contributed by atoms with E-state index in [-0.39, 0.29) is 4.90 Å². The number of hydrogen-bond acceptors (Lipinski definition) is 4. The van der Waals surface area contributed by atoms with Crippen LogP contribution in [0.5, 0.6) is 0 Å². The summed E-state index contributed by atoms with van der Waals surface area (Å²) in [7, 11) is -3.30. The molecule has 19 heavy (non-hydrogen) atoms. The summed E-state index contributed by atoms with van der Waals surface area (Å²) in [6, 6.07) is 6.90. The first-order valence-electron chi connectivity index (χ1n) is 5.69. The van der Waals surface area contributed by atoms with Gasteiger partial charge in [0.25, 0.3) is 0 Å². The van der Waals surface area contributed by atoms with E-state index in [1.165, 1.54) is 6.26 Å². The fraction of sp³-hybridized carbons (Fsp3) is 0.154. The number of imidazole rings is 1. The van der Waals surface area contributed by atoms with Crippen molar-refractivity contribution in [1.29, 1.82) is 0 Å². The lowest BCUT2D eigenvalue weighted by Gasteiger charge is -1.97. The number of H-pyrrole nitrogens is 1. The number of nitrogens with zero attached hydrogens (tertiary/aromatic N) is 1. The van der Waals surface area contributed by atoms with Gasteiger partial charge in [0.05, 0.1) is 16.0 Å². The van der Waals surface area contributed by atoms with E-state index in [0.717, 1.165) is 11.3 Å². The first kappa shape index (κ1) is 12.0. The molecule has 0 radical (unpaired) electrons. The minimum atomic E-state index is -3.30. The average molecular weight is 276 g/mol. The van der Waals surface area contributed by atoms with Gasteiger partial charge in [-0.1, -0.05) is 6.07 Å². The Kier molecular flexibility index (Phi) is 2.50. The molecule has 6 heteroatoms. The summed E-state index contributed by atoms with van der Waals surface area (Å²) in [5.74, 6) is 1.38. The predicted molar refractivity (Wildman–Crippen MR) is 71.6 cm³/mol. The monoisotopic (exact) mass is 276 g/mol. The van der Waals surface area contributed by atoms with Crippen LogP contribution in [-0.2, 0) is 9.84 Å². The smallest absolute Gasteiger partial charge is 0.177 e. The summed E-state index contributed by atoms with van der Waals surface area (Å²) in [5, 5.41) is 0. The Bertz CT molecular complexity index is 859. The van der Waals surface area contributed by atoms with Crippen LogP contribution in [0.2, 0.25) is 0 Å². The Hall–Kier alpha value is -2.08. The van der Waals surface area contributed by atoms with E-state index in [0.29, 0.717) is 16.9 Å². The second-order valence-corrected chi connectivity index (χ2v) is 6.44. The molecule has 0 atom stereocenters. The van der Waals surface area contributed by atoms with E-state index in [9.17, 15) is 8.42 Å². The predicted octanol–water partition coefficient (Wildman–Crippen LogP) is 2.53. The average Bonchev–Trinajstić information content (AvgIpc) is 2.92. The highest BCUT2D eigenvalue weighted by Gasteiger charge is 2.16. The quantitative estimate of drug-likeness (QED) is 0.780. The summed E-state index contributed by atoms with van der Waals surface area (Å²) < 4.78 is 28.7. The van der Waals surface area contributed by atoms with E-state index in [2.05, 4.69) is 9.97 Å². The maximum Gasteiger partial charge on any atom is 0.177 e. The summed E-state index contributed by atoms with van der Waals surface area (Å²) >= 11 is 0. The van der Waals surface area contributed by atoms with E-state index in [1.807, 2.05) is 13.0 Å². The molecule has 0 fully saturated rings. The minimum absolute atomic E-state index is 0.229. The van der Waals surface area contributed by atoms with Crippen molar-refractivity contribution < 1.29 is 12.8 Å². The Morgan fingerprint density at radius 2 is 2.11 bits per heavy atom. The number of furan rings is 1. The largest absolute Gasteiger partial charge is 0.469 e. The number of rotatable bonds is 2. The zero-order valence-corrected chi connectivity index (χ0v) is 11.3. The maximum absolute atomic E-state index is 11.7. The topological polar surface area (TPSA) is 76.0 Å². The van der Waals surface area contributed by atoms with Crippen LogP contribution in [0.15, 0.2) is 39.8 Å². The molecule has 0 amide bonds. The normalized spacial score (nSPS) is 12.1. The van der Waals surface area contributed by atoms with Crippen LogP contribution in [0.25, 0.3) is 22.4 Å². The Balaban J connectivity index is 2.27. The third-order valence-electron chi connectivity index (χ3n) is 2.88.